The Labute approximate surface area is 79.7 Å². The second-order valence-electron chi connectivity index (χ2n) is 3.30. The molecule has 0 aromatic rings. The van der Waals surface area contributed by atoms with Gasteiger partial charge >= 0.3 is 5.97 Å². The molecule has 0 aromatic carbocycles. The third-order valence-corrected chi connectivity index (χ3v) is 2.04. The SMILES string of the molecule is CCCCC#CC1CCCC(=O)O1. The molecule has 0 radical (unpaired) electrons. The van der Waals surface area contributed by atoms with Crippen LogP contribution in [0.25, 0.3) is 0 Å². The van der Waals surface area contributed by atoms with Gasteiger partial charge in [-0.25, -0.2) is 0 Å². The predicted molar refractivity (Wildman–Crippen MR) is 51.0 cm³/mol. The molecule has 0 saturated carbocycles. The molecular formula is C11H16O2. The van der Waals surface area contributed by atoms with Crippen molar-refractivity contribution in [3.05, 3.63) is 0 Å². The monoisotopic (exact) mass is 180 g/mol. The first kappa shape index (κ1) is 10.1. The quantitative estimate of drug-likeness (QED) is 0.370. The van der Waals surface area contributed by atoms with Gasteiger partial charge in [0.2, 0.25) is 0 Å². The number of cyclic esters (lactones) is 1. The molecule has 1 unspecified atom stereocenters. The van der Waals surface area contributed by atoms with E-state index in [0.717, 1.165) is 25.7 Å². The number of hydrogen-bond donors (Lipinski definition) is 0. The summed E-state index contributed by atoms with van der Waals surface area (Å²) in [5.74, 6) is 5.95. The van der Waals surface area contributed by atoms with E-state index in [-0.39, 0.29) is 12.1 Å². The second kappa shape index (κ2) is 5.64. The van der Waals surface area contributed by atoms with Crippen LogP contribution in [0.5, 0.6) is 0 Å². The van der Waals surface area contributed by atoms with Crippen molar-refractivity contribution in [2.24, 2.45) is 0 Å². The van der Waals surface area contributed by atoms with Crippen LogP contribution in [-0.2, 0) is 9.53 Å². The van der Waals surface area contributed by atoms with E-state index in [1.165, 1.54) is 6.42 Å². The maximum atomic E-state index is 10.9. The fourth-order valence-corrected chi connectivity index (χ4v) is 1.26. The molecule has 1 fully saturated rings. The van der Waals surface area contributed by atoms with Gasteiger partial charge in [0.15, 0.2) is 6.10 Å². The van der Waals surface area contributed by atoms with Crippen molar-refractivity contribution in [1.29, 1.82) is 0 Å². The fourth-order valence-electron chi connectivity index (χ4n) is 1.26. The molecule has 0 spiro atoms. The van der Waals surface area contributed by atoms with Gasteiger partial charge in [0.1, 0.15) is 0 Å². The summed E-state index contributed by atoms with van der Waals surface area (Å²) in [5.41, 5.74) is 0. The molecule has 1 aliphatic heterocycles. The van der Waals surface area contributed by atoms with E-state index in [2.05, 4.69) is 18.8 Å². The van der Waals surface area contributed by atoms with Crippen molar-refractivity contribution in [3.8, 4) is 11.8 Å². The first-order chi connectivity index (χ1) is 6.33. The van der Waals surface area contributed by atoms with Crippen molar-refractivity contribution in [2.75, 3.05) is 0 Å². The fraction of sp³-hybridized carbons (Fsp3) is 0.727. The molecule has 1 saturated heterocycles. The molecule has 0 aromatic heterocycles. The molecule has 72 valence electrons. The normalized spacial score (nSPS) is 21.6. The van der Waals surface area contributed by atoms with Gasteiger partial charge in [0, 0.05) is 12.8 Å². The van der Waals surface area contributed by atoms with E-state index >= 15 is 0 Å². The summed E-state index contributed by atoms with van der Waals surface area (Å²) >= 11 is 0. The van der Waals surface area contributed by atoms with Crippen molar-refractivity contribution in [1.82, 2.24) is 0 Å². The van der Waals surface area contributed by atoms with Crippen LogP contribution in [0.3, 0.4) is 0 Å². The van der Waals surface area contributed by atoms with Gasteiger partial charge in [-0.1, -0.05) is 25.2 Å². The van der Waals surface area contributed by atoms with E-state index < -0.39 is 0 Å². The number of unbranched alkanes of at least 4 members (excludes halogenated alkanes) is 2. The van der Waals surface area contributed by atoms with E-state index in [1.54, 1.807) is 0 Å². The molecule has 1 atom stereocenters. The van der Waals surface area contributed by atoms with Gasteiger partial charge in [-0.05, 0) is 19.3 Å². The van der Waals surface area contributed by atoms with Crippen LogP contribution in [0.1, 0.15) is 45.4 Å². The maximum Gasteiger partial charge on any atom is 0.307 e. The van der Waals surface area contributed by atoms with Crippen LogP contribution >= 0.6 is 0 Å². The van der Waals surface area contributed by atoms with Crippen LogP contribution in [0, 0.1) is 11.8 Å². The van der Waals surface area contributed by atoms with Crippen molar-refractivity contribution in [2.45, 2.75) is 51.6 Å². The third kappa shape index (κ3) is 3.98. The molecule has 1 rings (SSSR count). The Morgan fingerprint density at radius 1 is 1.62 bits per heavy atom. The summed E-state index contributed by atoms with van der Waals surface area (Å²) in [6.45, 7) is 2.14. The summed E-state index contributed by atoms with van der Waals surface area (Å²) in [6.07, 6.45) is 5.49. The summed E-state index contributed by atoms with van der Waals surface area (Å²) in [6, 6.07) is 0. The number of esters is 1. The number of hydrogen-bond acceptors (Lipinski definition) is 2. The van der Waals surface area contributed by atoms with Gasteiger partial charge in [-0.15, -0.1) is 0 Å². The zero-order valence-electron chi connectivity index (χ0n) is 8.14. The maximum absolute atomic E-state index is 10.9. The predicted octanol–water partition coefficient (Wildman–Crippen LogP) is 2.28. The van der Waals surface area contributed by atoms with Gasteiger partial charge < -0.3 is 4.74 Å². The van der Waals surface area contributed by atoms with Crippen LogP contribution in [-0.4, -0.2) is 12.1 Å². The van der Waals surface area contributed by atoms with E-state index in [4.69, 9.17) is 4.74 Å². The Morgan fingerprint density at radius 3 is 3.15 bits per heavy atom. The van der Waals surface area contributed by atoms with Gasteiger partial charge in [0.25, 0.3) is 0 Å². The topological polar surface area (TPSA) is 26.3 Å². The Bertz CT molecular complexity index is 222. The second-order valence-corrected chi connectivity index (χ2v) is 3.30. The largest absolute Gasteiger partial charge is 0.449 e. The Morgan fingerprint density at radius 2 is 2.46 bits per heavy atom. The number of carbonyl (C=O) groups is 1. The lowest BCUT2D eigenvalue weighted by Gasteiger charge is -2.16. The molecule has 0 aliphatic carbocycles. The highest BCUT2D eigenvalue weighted by Crippen LogP contribution is 2.12. The van der Waals surface area contributed by atoms with Crippen molar-refractivity contribution >= 4 is 5.97 Å². The highest BCUT2D eigenvalue weighted by Gasteiger charge is 2.17. The summed E-state index contributed by atoms with van der Waals surface area (Å²) in [7, 11) is 0. The first-order valence-electron chi connectivity index (χ1n) is 5.01. The van der Waals surface area contributed by atoms with Crippen molar-refractivity contribution < 1.29 is 9.53 Å². The lowest BCUT2D eigenvalue weighted by molar-refractivity contribution is -0.150. The Balaban J connectivity index is 2.25. The smallest absolute Gasteiger partial charge is 0.307 e. The summed E-state index contributed by atoms with van der Waals surface area (Å²) < 4.78 is 5.05. The molecule has 2 nitrogen and oxygen atoms in total. The van der Waals surface area contributed by atoms with Gasteiger partial charge in [0.05, 0.1) is 0 Å². The molecule has 1 heterocycles. The molecule has 1 aliphatic rings. The van der Waals surface area contributed by atoms with E-state index in [1.807, 2.05) is 0 Å². The zero-order chi connectivity index (χ0) is 9.52. The molecular weight excluding hydrogens is 164 g/mol. The standard InChI is InChI=1S/C11H16O2/c1-2-3-4-5-7-10-8-6-9-11(12)13-10/h10H,2-4,6,8-9H2,1H3. The van der Waals surface area contributed by atoms with E-state index in [9.17, 15) is 4.79 Å². The van der Waals surface area contributed by atoms with Crippen molar-refractivity contribution in [3.63, 3.8) is 0 Å². The number of rotatable bonds is 2. The van der Waals surface area contributed by atoms with Crippen LogP contribution in [0.15, 0.2) is 0 Å². The lowest BCUT2D eigenvalue weighted by Crippen LogP contribution is -2.21. The van der Waals surface area contributed by atoms with E-state index in [0.29, 0.717) is 6.42 Å². The molecule has 13 heavy (non-hydrogen) atoms. The number of ether oxygens (including phenoxy) is 1. The Hall–Kier alpha value is -0.970. The van der Waals surface area contributed by atoms with Crippen LogP contribution in [0.4, 0.5) is 0 Å². The third-order valence-electron chi connectivity index (χ3n) is 2.04. The molecule has 0 N–H and O–H groups in total. The minimum Gasteiger partial charge on any atom is -0.449 e. The molecule has 2 heteroatoms. The average Bonchev–Trinajstić information content (AvgIpc) is 2.13. The highest BCUT2D eigenvalue weighted by atomic mass is 16.5. The summed E-state index contributed by atoms with van der Waals surface area (Å²) in [5, 5.41) is 0. The summed E-state index contributed by atoms with van der Waals surface area (Å²) in [4.78, 5) is 10.9. The minimum atomic E-state index is -0.127. The van der Waals surface area contributed by atoms with Crippen LogP contribution in [0.2, 0.25) is 0 Å². The minimum absolute atomic E-state index is 0.0963. The lowest BCUT2D eigenvalue weighted by atomic mass is 10.1. The highest BCUT2D eigenvalue weighted by molar-refractivity contribution is 5.70. The van der Waals surface area contributed by atoms with Gasteiger partial charge in [-0.2, -0.15) is 0 Å². The first-order valence-corrected chi connectivity index (χ1v) is 5.01. The average molecular weight is 180 g/mol. The van der Waals surface area contributed by atoms with Gasteiger partial charge in [-0.3, -0.25) is 4.79 Å². The number of carbonyl (C=O) groups excluding carboxylic acids is 1. The zero-order valence-corrected chi connectivity index (χ0v) is 8.14. The molecule has 0 amide bonds. The Kier molecular flexibility index (Phi) is 4.39. The molecule has 0 bridgehead atoms. The van der Waals surface area contributed by atoms with Crippen LogP contribution < -0.4 is 0 Å².